The summed E-state index contributed by atoms with van der Waals surface area (Å²) in [5.41, 5.74) is 5.74. The maximum absolute atomic E-state index is 12.1. The van der Waals surface area contributed by atoms with E-state index in [-0.39, 0.29) is 5.92 Å². The fourth-order valence-electron chi connectivity index (χ4n) is 2.07. The molecule has 26 heavy (non-hydrogen) atoms. The van der Waals surface area contributed by atoms with Crippen LogP contribution in [0.5, 0.6) is 0 Å². The van der Waals surface area contributed by atoms with Crippen molar-refractivity contribution in [3.05, 3.63) is 0 Å². The third-order valence-corrected chi connectivity index (χ3v) is 3.61. The van der Waals surface area contributed by atoms with Gasteiger partial charge in [-0.1, -0.05) is 13.8 Å². The zero-order valence-corrected chi connectivity index (χ0v) is 15.8. The topological polar surface area (TPSA) is 171 Å². The minimum absolute atomic E-state index is 0.222. The number of nitrogens with one attached hydrogen (secondary N) is 3. The standard InChI is InChI=1S/C16H30N4O6/c1-7(2)6-11(17)15(24)19-8(3)13(22)18-9(4)14(23)20-12(10(5)21)16(25)26/h7-12,21H,6,17H2,1-5H3,(H,18,22)(H,19,24)(H,20,23)(H,25,26). The van der Waals surface area contributed by atoms with Crippen LogP contribution < -0.4 is 21.7 Å². The van der Waals surface area contributed by atoms with Gasteiger partial charge < -0.3 is 31.9 Å². The second-order valence-corrected chi connectivity index (χ2v) is 6.76. The summed E-state index contributed by atoms with van der Waals surface area (Å²) in [7, 11) is 0. The second-order valence-electron chi connectivity index (χ2n) is 6.76. The van der Waals surface area contributed by atoms with E-state index in [1.165, 1.54) is 20.8 Å². The van der Waals surface area contributed by atoms with Crippen LogP contribution in [0.2, 0.25) is 0 Å². The average Bonchev–Trinajstić information content (AvgIpc) is 2.50. The van der Waals surface area contributed by atoms with Crippen molar-refractivity contribution in [3.63, 3.8) is 0 Å². The molecule has 0 bridgehead atoms. The van der Waals surface area contributed by atoms with Gasteiger partial charge in [-0.25, -0.2) is 4.79 Å². The minimum Gasteiger partial charge on any atom is -0.480 e. The molecule has 3 amide bonds. The summed E-state index contributed by atoms with van der Waals surface area (Å²) in [6, 6.07) is -4.23. The first-order chi connectivity index (χ1) is 11.9. The van der Waals surface area contributed by atoms with Gasteiger partial charge in [0.05, 0.1) is 12.1 Å². The van der Waals surface area contributed by atoms with Gasteiger partial charge in [0, 0.05) is 0 Å². The summed E-state index contributed by atoms with van der Waals surface area (Å²) in [6.45, 7) is 7.85. The molecule has 150 valence electrons. The highest BCUT2D eigenvalue weighted by Crippen LogP contribution is 2.03. The number of hydrogen-bond acceptors (Lipinski definition) is 6. The minimum atomic E-state index is -1.49. The number of carboxylic acid groups (broad SMARTS) is 1. The van der Waals surface area contributed by atoms with Crippen LogP contribution in [0.3, 0.4) is 0 Å². The van der Waals surface area contributed by atoms with Crippen molar-refractivity contribution in [1.82, 2.24) is 16.0 Å². The maximum Gasteiger partial charge on any atom is 0.328 e. The van der Waals surface area contributed by atoms with Crippen molar-refractivity contribution in [2.75, 3.05) is 0 Å². The molecular weight excluding hydrogens is 344 g/mol. The normalized spacial score (nSPS) is 16.8. The van der Waals surface area contributed by atoms with Gasteiger partial charge in [-0.2, -0.15) is 0 Å². The van der Waals surface area contributed by atoms with Gasteiger partial charge in [-0.05, 0) is 33.1 Å². The van der Waals surface area contributed by atoms with Gasteiger partial charge in [0.15, 0.2) is 6.04 Å². The molecule has 0 aliphatic carbocycles. The molecule has 0 aliphatic rings. The van der Waals surface area contributed by atoms with E-state index in [0.717, 1.165) is 0 Å². The van der Waals surface area contributed by atoms with E-state index < -0.39 is 54.0 Å². The monoisotopic (exact) mass is 374 g/mol. The van der Waals surface area contributed by atoms with E-state index in [1.807, 2.05) is 13.8 Å². The molecule has 7 N–H and O–H groups in total. The Morgan fingerprint density at radius 1 is 0.846 bits per heavy atom. The Morgan fingerprint density at radius 3 is 1.65 bits per heavy atom. The largest absolute Gasteiger partial charge is 0.480 e. The molecule has 0 saturated carbocycles. The van der Waals surface area contributed by atoms with Gasteiger partial charge in [0.2, 0.25) is 17.7 Å². The smallest absolute Gasteiger partial charge is 0.328 e. The molecule has 0 aromatic rings. The number of carbonyl (C=O) groups excluding carboxylic acids is 3. The van der Waals surface area contributed by atoms with Gasteiger partial charge in [-0.3, -0.25) is 14.4 Å². The lowest BCUT2D eigenvalue weighted by molar-refractivity contribution is -0.145. The molecule has 0 aromatic carbocycles. The van der Waals surface area contributed by atoms with E-state index in [9.17, 15) is 24.3 Å². The van der Waals surface area contributed by atoms with Crippen LogP contribution in [0.1, 0.15) is 41.0 Å². The Morgan fingerprint density at radius 2 is 1.27 bits per heavy atom. The molecule has 10 nitrogen and oxygen atoms in total. The Bertz CT molecular complexity index is 523. The number of aliphatic carboxylic acids is 1. The zero-order chi connectivity index (χ0) is 20.6. The fourth-order valence-corrected chi connectivity index (χ4v) is 2.07. The van der Waals surface area contributed by atoms with Crippen LogP contribution in [0.4, 0.5) is 0 Å². The molecule has 0 aromatic heterocycles. The Kier molecular flexibility index (Phi) is 9.81. The van der Waals surface area contributed by atoms with Crippen molar-refractivity contribution >= 4 is 23.7 Å². The van der Waals surface area contributed by atoms with Crippen LogP contribution >= 0.6 is 0 Å². The highest BCUT2D eigenvalue weighted by molar-refractivity contribution is 5.93. The number of nitrogens with two attached hydrogens (primary N) is 1. The molecule has 0 fully saturated rings. The quantitative estimate of drug-likeness (QED) is 0.265. The molecule has 0 radical (unpaired) electrons. The SMILES string of the molecule is CC(C)CC(N)C(=O)NC(C)C(=O)NC(C)C(=O)NC(C(=O)O)C(C)O. The maximum atomic E-state index is 12.1. The summed E-state index contributed by atoms with van der Waals surface area (Å²) in [4.78, 5) is 46.9. The third-order valence-electron chi connectivity index (χ3n) is 3.61. The molecule has 5 atom stereocenters. The number of aliphatic hydroxyl groups excluding tert-OH is 1. The number of hydrogen-bond donors (Lipinski definition) is 6. The van der Waals surface area contributed by atoms with Gasteiger partial charge in [0.1, 0.15) is 12.1 Å². The predicted octanol–water partition coefficient (Wildman–Crippen LogP) is -1.68. The summed E-state index contributed by atoms with van der Waals surface area (Å²) in [5.74, 6) is -3.05. The lowest BCUT2D eigenvalue weighted by atomic mass is 10.0. The summed E-state index contributed by atoms with van der Waals surface area (Å²) < 4.78 is 0. The van der Waals surface area contributed by atoms with Crippen molar-refractivity contribution in [2.24, 2.45) is 11.7 Å². The van der Waals surface area contributed by atoms with Crippen molar-refractivity contribution in [2.45, 2.75) is 71.3 Å². The van der Waals surface area contributed by atoms with Gasteiger partial charge in [-0.15, -0.1) is 0 Å². The highest BCUT2D eigenvalue weighted by atomic mass is 16.4. The number of carboxylic acids is 1. The van der Waals surface area contributed by atoms with Crippen molar-refractivity contribution < 1.29 is 29.4 Å². The van der Waals surface area contributed by atoms with Gasteiger partial charge >= 0.3 is 5.97 Å². The summed E-state index contributed by atoms with van der Waals surface area (Å²) >= 11 is 0. The average molecular weight is 374 g/mol. The second kappa shape index (κ2) is 10.7. The van der Waals surface area contributed by atoms with E-state index in [4.69, 9.17) is 10.8 Å². The molecule has 0 heterocycles. The van der Waals surface area contributed by atoms with Crippen molar-refractivity contribution in [3.8, 4) is 0 Å². The molecule has 0 aliphatic heterocycles. The lowest BCUT2D eigenvalue weighted by Gasteiger charge is -2.22. The van der Waals surface area contributed by atoms with Crippen LogP contribution in [-0.4, -0.2) is 64.2 Å². The van der Waals surface area contributed by atoms with Gasteiger partial charge in [0.25, 0.3) is 0 Å². The highest BCUT2D eigenvalue weighted by Gasteiger charge is 2.28. The molecule has 5 unspecified atom stereocenters. The van der Waals surface area contributed by atoms with Crippen LogP contribution in [-0.2, 0) is 19.2 Å². The van der Waals surface area contributed by atoms with E-state index in [1.54, 1.807) is 0 Å². The fraction of sp³-hybridized carbons (Fsp3) is 0.750. The number of carbonyl (C=O) groups is 4. The number of rotatable bonds is 10. The number of aliphatic hydroxyl groups is 1. The molecule has 0 spiro atoms. The van der Waals surface area contributed by atoms with E-state index >= 15 is 0 Å². The first kappa shape index (κ1) is 23.8. The molecular formula is C16H30N4O6. The zero-order valence-electron chi connectivity index (χ0n) is 15.8. The van der Waals surface area contributed by atoms with Crippen molar-refractivity contribution in [1.29, 1.82) is 0 Å². The molecule has 10 heteroatoms. The Balaban J connectivity index is 4.62. The molecule has 0 saturated heterocycles. The van der Waals surface area contributed by atoms with E-state index in [0.29, 0.717) is 6.42 Å². The predicted molar refractivity (Wildman–Crippen MR) is 93.9 cm³/mol. The van der Waals surface area contributed by atoms with Crippen LogP contribution in [0.15, 0.2) is 0 Å². The first-order valence-electron chi connectivity index (χ1n) is 8.44. The summed E-state index contributed by atoms with van der Waals surface area (Å²) in [5, 5.41) is 25.3. The Labute approximate surface area is 152 Å². The third kappa shape index (κ3) is 8.26. The number of amides is 3. The van der Waals surface area contributed by atoms with E-state index in [2.05, 4.69) is 16.0 Å². The van der Waals surface area contributed by atoms with Crippen LogP contribution in [0, 0.1) is 5.92 Å². The molecule has 0 rings (SSSR count). The summed E-state index contributed by atoms with van der Waals surface area (Å²) in [6.07, 6.45) is -0.838. The Hall–Kier alpha value is -2.20. The van der Waals surface area contributed by atoms with Crippen LogP contribution in [0.25, 0.3) is 0 Å². The lowest BCUT2D eigenvalue weighted by Crippen LogP contribution is -2.56. The first-order valence-corrected chi connectivity index (χ1v) is 8.44.